The van der Waals surface area contributed by atoms with Gasteiger partial charge in [-0.25, -0.2) is 4.98 Å². The Morgan fingerprint density at radius 3 is 3.00 bits per heavy atom. The van der Waals surface area contributed by atoms with Crippen molar-refractivity contribution in [2.24, 2.45) is 5.84 Å². The zero-order valence-corrected chi connectivity index (χ0v) is 5.97. The van der Waals surface area contributed by atoms with Crippen LogP contribution in [0.5, 0.6) is 5.88 Å². The molecule has 0 saturated carbocycles. The van der Waals surface area contributed by atoms with Gasteiger partial charge < -0.3 is 10.2 Å². The number of hydrogen-bond acceptors (Lipinski definition) is 4. The van der Waals surface area contributed by atoms with Crippen LogP contribution in [0.25, 0.3) is 0 Å². The zero-order chi connectivity index (χ0) is 8.27. The predicted molar refractivity (Wildman–Crippen MR) is 38.6 cm³/mol. The van der Waals surface area contributed by atoms with Gasteiger partial charge >= 0.3 is 0 Å². The van der Waals surface area contributed by atoms with E-state index in [0.717, 1.165) is 0 Å². The van der Waals surface area contributed by atoms with Gasteiger partial charge in [0.1, 0.15) is 0 Å². The molecule has 0 bridgehead atoms. The Morgan fingerprint density at radius 1 is 1.73 bits per heavy atom. The minimum absolute atomic E-state index is 0.0690. The molecule has 0 spiro atoms. The Bertz CT molecular complexity index is 231. The van der Waals surface area contributed by atoms with Crippen LogP contribution in [-0.4, -0.2) is 12.1 Å². The molecule has 1 rings (SSSR count). The van der Waals surface area contributed by atoms with Crippen LogP contribution in [0.2, 0.25) is 0 Å². The lowest BCUT2D eigenvalue weighted by atomic mass is 10.4. The summed E-state index contributed by atoms with van der Waals surface area (Å²) in [4.78, 5) is 3.61. The number of hydrogen-bond donors (Lipinski definition) is 2. The van der Waals surface area contributed by atoms with Crippen molar-refractivity contribution >= 4 is 5.69 Å². The van der Waals surface area contributed by atoms with Crippen molar-refractivity contribution in [2.75, 3.05) is 12.5 Å². The highest BCUT2D eigenvalue weighted by Crippen LogP contribution is 2.19. The number of nitrogen functional groups attached to an aromatic ring is 1. The molecule has 0 aromatic carbocycles. The number of pyridine rings is 1. The maximum Gasteiger partial charge on any atom is 0.252 e. The molecule has 11 heavy (non-hydrogen) atoms. The van der Waals surface area contributed by atoms with Gasteiger partial charge in [0.2, 0.25) is 5.82 Å². The smallest absolute Gasteiger partial charge is 0.252 e. The van der Waals surface area contributed by atoms with E-state index in [1.807, 2.05) is 0 Å². The van der Waals surface area contributed by atoms with Crippen molar-refractivity contribution in [1.29, 1.82) is 0 Å². The van der Waals surface area contributed by atoms with Crippen LogP contribution in [0, 0.1) is 5.82 Å². The summed E-state index contributed by atoms with van der Waals surface area (Å²) in [6, 6.07) is 1.41. The van der Waals surface area contributed by atoms with Gasteiger partial charge in [0.25, 0.3) is 5.88 Å². The molecule has 0 aliphatic rings. The van der Waals surface area contributed by atoms with Gasteiger partial charge in [0, 0.05) is 6.20 Å². The van der Waals surface area contributed by atoms with Gasteiger partial charge in [0.05, 0.1) is 12.8 Å². The number of nitrogens with zero attached hydrogens (tertiary/aromatic N) is 1. The third kappa shape index (κ3) is 1.38. The molecule has 1 aromatic heterocycles. The zero-order valence-electron chi connectivity index (χ0n) is 5.97. The largest absolute Gasteiger partial charge is 0.479 e. The second kappa shape index (κ2) is 3.16. The molecule has 1 aromatic rings. The number of ether oxygens (including phenoxy) is 1. The molecule has 1 heterocycles. The molecule has 0 amide bonds. The first-order valence-electron chi connectivity index (χ1n) is 2.94. The molecular formula is C6H8FN3O. The summed E-state index contributed by atoms with van der Waals surface area (Å²) in [6.45, 7) is 0. The second-order valence-electron chi connectivity index (χ2n) is 1.83. The van der Waals surface area contributed by atoms with Crippen molar-refractivity contribution in [1.82, 2.24) is 4.98 Å². The number of nitrogens with two attached hydrogens (primary N) is 1. The Morgan fingerprint density at radius 2 is 2.45 bits per heavy atom. The molecule has 0 aliphatic heterocycles. The average Bonchev–Trinajstić information content (AvgIpc) is 2.05. The minimum atomic E-state index is -0.586. The van der Waals surface area contributed by atoms with Crippen LogP contribution in [0.15, 0.2) is 12.3 Å². The summed E-state index contributed by atoms with van der Waals surface area (Å²) >= 11 is 0. The number of halogens is 1. The highest BCUT2D eigenvalue weighted by atomic mass is 19.1. The fraction of sp³-hybridized carbons (Fsp3) is 0.167. The SMILES string of the molecule is COc1nccc(NN)c1F. The van der Waals surface area contributed by atoms with Crippen LogP contribution >= 0.6 is 0 Å². The average molecular weight is 157 g/mol. The van der Waals surface area contributed by atoms with E-state index in [-0.39, 0.29) is 11.6 Å². The number of rotatable bonds is 2. The van der Waals surface area contributed by atoms with Gasteiger partial charge in [0.15, 0.2) is 0 Å². The molecule has 0 unspecified atom stereocenters. The molecule has 0 radical (unpaired) electrons. The van der Waals surface area contributed by atoms with E-state index in [4.69, 9.17) is 5.84 Å². The predicted octanol–water partition coefficient (Wildman–Crippen LogP) is 0.515. The van der Waals surface area contributed by atoms with Crippen molar-refractivity contribution in [3.63, 3.8) is 0 Å². The second-order valence-corrected chi connectivity index (χ2v) is 1.83. The van der Waals surface area contributed by atoms with Gasteiger partial charge in [-0.05, 0) is 6.07 Å². The highest BCUT2D eigenvalue weighted by molar-refractivity contribution is 5.45. The number of aromatic nitrogens is 1. The lowest BCUT2D eigenvalue weighted by Gasteiger charge is -2.03. The topological polar surface area (TPSA) is 60.2 Å². The van der Waals surface area contributed by atoms with Crippen LogP contribution in [0.4, 0.5) is 10.1 Å². The molecule has 4 nitrogen and oxygen atoms in total. The van der Waals surface area contributed by atoms with E-state index in [9.17, 15) is 4.39 Å². The number of anilines is 1. The molecule has 0 fully saturated rings. The van der Waals surface area contributed by atoms with E-state index in [1.165, 1.54) is 19.4 Å². The van der Waals surface area contributed by atoms with Gasteiger partial charge in [-0.15, -0.1) is 0 Å². The Balaban J connectivity index is 3.10. The van der Waals surface area contributed by atoms with E-state index in [1.54, 1.807) is 0 Å². The number of methoxy groups -OCH3 is 1. The van der Waals surface area contributed by atoms with Crippen molar-refractivity contribution < 1.29 is 9.13 Å². The summed E-state index contributed by atoms with van der Waals surface area (Å²) in [5.74, 6) is 4.35. The maximum atomic E-state index is 12.9. The lowest BCUT2D eigenvalue weighted by Crippen LogP contribution is -2.09. The van der Waals surface area contributed by atoms with Gasteiger partial charge in [-0.2, -0.15) is 4.39 Å². The van der Waals surface area contributed by atoms with Crippen molar-refractivity contribution in [3.8, 4) is 5.88 Å². The minimum Gasteiger partial charge on any atom is -0.479 e. The van der Waals surface area contributed by atoms with Gasteiger partial charge in [-0.3, -0.25) is 5.84 Å². The summed E-state index contributed by atoms with van der Waals surface area (Å²) in [6.07, 6.45) is 1.40. The third-order valence-corrected chi connectivity index (χ3v) is 1.21. The monoisotopic (exact) mass is 157 g/mol. The summed E-state index contributed by atoms with van der Waals surface area (Å²) in [5.41, 5.74) is 2.34. The normalized spacial score (nSPS) is 9.36. The molecule has 60 valence electrons. The van der Waals surface area contributed by atoms with Crippen molar-refractivity contribution in [3.05, 3.63) is 18.1 Å². The standard InChI is InChI=1S/C6H8FN3O/c1-11-6-5(7)4(10-8)2-3-9-6/h2-3H,8H2,1H3,(H,9,10). The third-order valence-electron chi connectivity index (χ3n) is 1.21. The van der Waals surface area contributed by atoms with E-state index in [2.05, 4.69) is 15.1 Å². The molecular weight excluding hydrogens is 149 g/mol. The summed E-state index contributed by atoms with van der Waals surface area (Å²) in [7, 11) is 1.34. The van der Waals surface area contributed by atoms with Crippen LogP contribution in [0.3, 0.4) is 0 Å². The Hall–Kier alpha value is -1.36. The Kier molecular flexibility index (Phi) is 2.22. The molecule has 0 saturated heterocycles. The van der Waals surface area contributed by atoms with E-state index < -0.39 is 5.82 Å². The fourth-order valence-corrected chi connectivity index (χ4v) is 0.678. The van der Waals surface area contributed by atoms with Crippen molar-refractivity contribution in [2.45, 2.75) is 0 Å². The molecule has 3 N–H and O–H groups in total. The Labute approximate surface area is 63.2 Å². The molecule has 0 aliphatic carbocycles. The first kappa shape index (κ1) is 7.74. The lowest BCUT2D eigenvalue weighted by molar-refractivity contribution is 0.370. The number of nitrogens with one attached hydrogen (secondary N) is 1. The first-order chi connectivity index (χ1) is 5.29. The molecule has 0 atom stereocenters. The highest BCUT2D eigenvalue weighted by Gasteiger charge is 2.07. The van der Waals surface area contributed by atoms with E-state index in [0.29, 0.717) is 0 Å². The summed E-state index contributed by atoms with van der Waals surface area (Å²) in [5, 5.41) is 0. The van der Waals surface area contributed by atoms with Crippen LogP contribution in [-0.2, 0) is 0 Å². The summed E-state index contributed by atoms with van der Waals surface area (Å²) < 4.78 is 17.5. The van der Waals surface area contributed by atoms with E-state index >= 15 is 0 Å². The number of hydrazine groups is 1. The van der Waals surface area contributed by atoms with Gasteiger partial charge in [-0.1, -0.05) is 0 Å². The fourth-order valence-electron chi connectivity index (χ4n) is 0.678. The first-order valence-corrected chi connectivity index (χ1v) is 2.94. The quantitative estimate of drug-likeness (QED) is 0.485. The van der Waals surface area contributed by atoms with Crippen LogP contribution < -0.4 is 16.0 Å². The van der Waals surface area contributed by atoms with Crippen LogP contribution in [0.1, 0.15) is 0 Å². The molecule has 5 heteroatoms. The maximum absolute atomic E-state index is 12.9.